The molecule has 1 unspecified atom stereocenters. The van der Waals surface area contributed by atoms with Crippen LogP contribution < -0.4 is 5.32 Å². The molecule has 6 heteroatoms. The van der Waals surface area contributed by atoms with E-state index in [-0.39, 0.29) is 10.8 Å². The van der Waals surface area contributed by atoms with Crippen molar-refractivity contribution in [3.8, 4) is 0 Å². The molecule has 0 aromatic heterocycles. The van der Waals surface area contributed by atoms with Gasteiger partial charge >= 0.3 is 0 Å². The second-order valence-electron chi connectivity index (χ2n) is 7.13. The molecule has 1 fully saturated rings. The van der Waals surface area contributed by atoms with Crippen LogP contribution in [-0.2, 0) is 16.4 Å². The minimum atomic E-state index is -3.49. The number of carbonyl (C=O) groups is 1. The third-order valence-electron chi connectivity index (χ3n) is 4.92. The molecule has 2 aromatic carbocycles. The lowest BCUT2D eigenvalue weighted by Gasteiger charge is -2.30. The summed E-state index contributed by atoms with van der Waals surface area (Å²) in [7, 11) is -3.49. The van der Waals surface area contributed by atoms with E-state index in [2.05, 4.69) is 12.2 Å². The van der Waals surface area contributed by atoms with Gasteiger partial charge in [0.05, 0.1) is 4.90 Å². The number of amides is 1. The van der Waals surface area contributed by atoms with E-state index in [1.54, 1.807) is 16.4 Å². The standard InChI is InChI=1S/C21H26N2O3S/c1-17-6-5-15-23(16-17)27(25,26)20-11-9-19(10-12-20)21(24)22-14-13-18-7-3-2-4-8-18/h2-4,7-12,17H,5-6,13-16H2,1H3,(H,22,24). The molecule has 1 aliphatic heterocycles. The predicted octanol–water partition coefficient (Wildman–Crippen LogP) is 3.08. The average molecular weight is 387 g/mol. The molecule has 0 aliphatic carbocycles. The van der Waals surface area contributed by atoms with E-state index in [1.165, 1.54) is 12.1 Å². The van der Waals surface area contributed by atoms with Crippen LogP contribution in [0, 0.1) is 5.92 Å². The molecule has 1 atom stereocenters. The quantitative estimate of drug-likeness (QED) is 0.830. The lowest BCUT2D eigenvalue weighted by atomic mass is 10.0. The Morgan fingerprint density at radius 1 is 1.11 bits per heavy atom. The third-order valence-corrected chi connectivity index (χ3v) is 6.80. The first-order valence-electron chi connectivity index (χ1n) is 9.39. The van der Waals surface area contributed by atoms with Gasteiger partial charge in [-0.2, -0.15) is 4.31 Å². The van der Waals surface area contributed by atoms with Crippen molar-refractivity contribution < 1.29 is 13.2 Å². The van der Waals surface area contributed by atoms with E-state index in [0.29, 0.717) is 31.1 Å². The normalized spacial score (nSPS) is 18.2. The van der Waals surface area contributed by atoms with Crippen molar-refractivity contribution in [2.24, 2.45) is 5.92 Å². The first kappa shape index (κ1) is 19.6. The Morgan fingerprint density at radius 3 is 2.48 bits per heavy atom. The number of nitrogens with one attached hydrogen (secondary N) is 1. The lowest BCUT2D eigenvalue weighted by molar-refractivity contribution is 0.0954. The highest BCUT2D eigenvalue weighted by Gasteiger charge is 2.28. The van der Waals surface area contributed by atoms with Crippen LogP contribution in [0.4, 0.5) is 0 Å². The summed E-state index contributed by atoms with van der Waals surface area (Å²) in [5.74, 6) is 0.185. The van der Waals surface area contributed by atoms with Crippen LogP contribution in [0.5, 0.6) is 0 Å². The molecule has 1 N–H and O–H groups in total. The molecule has 0 bridgehead atoms. The van der Waals surface area contributed by atoms with Gasteiger partial charge in [0.25, 0.3) is 5.91 Å². The molecule has 0 spiro atoms. The number of nitrogens with zero attached hydrogens (tertiary/aromatic N) is 1. The molecule has 1 amide bonds. The number of carbonyl (C=O) groups excluding carboxylic acids is 1. The van der Waals surface area contributed by atoms with E-state index < -0.39 is 10.0 Å². The second-order valence-corrected chi connectivity index (χ2v) is 9.06. The number of hydrogen-bond donors (Lipinski definition) is 1. The third kappa shape index (κ3) is 4.96. The summed E-state index contributed by atoms with van der Waals surface area (Å²) >= 11 is 0. The van der Waals surface area contributed by atoms with Crippen LogP contribution in [0.15, 0.2) is 59.5 Å². The molecule has 3 rings (SSSR count). The van der Waals surface area contributed by atoms with Crippen molar-refractivity contribution in [2.45, 2.75) is 31.1 Å². The summed E-state index contributed by atoms with van der Waals surface area (Å²) in [4.78, 5) is 12.5. The predicted molar refractivity (Wildman–Crippen MR) is 106 cm³/mol. The summed E-state index contributed by atoms with van der Waals surface area (Å²) in [5, 5.41) is 2.88. The van der Waals surface area contributed by atoms with Gasteiger partial charge in [-0.3, -0.25) is 4.79 Å². The van der Waals surface area contributed by atoms with Gasteiger partial charge in [-0.15, -0.1) is 0 Å². The van der Waals surface area contributed by atoms with Gasteiger partial charge in [-0.25, -0.2) is 8.42 Å². The van der Waals surface area contributed by atoms with Crippen LogP contribution in [0.25, 0.3) is 0 Å². The van der Waals surface area contributed by atoms with Gasteiger partial charge in [-0.05, 0) is 55.0 Å². The van der Waals surface area contributed by atoms with Gasteiger partial charge in [0.15, 0.2) is 0 Å². The molecule has 27 heavy (non-hydrogen) atoms. The Hall–Kier alpha value is -2.18. The second kappa shape index (κ2) is 8.67. The van der Waals surface area contributed by atoms with Crippen molar-refractivity contribution in [3.63, 3.8) is 0 Å². The minimum Gasteiger partial charge on any atom is -0.352 e. The maximum Gasteiger partial charge on any atom is 0.251 e. The van der Waals surface area contributed by atoms with Crippen molar-refractivity contribution in [1.29, 1.82) is 0 Å². The molecule has 0 radical (unpaired) electrons. The molecular weight excluding hydrogens is 360 g/mol. The fourth-order valence-corrected chi connectivity index (χ4v) is 4.96. The number of hydrogen-bond acceptors (Lipinski definition) is 3. The molecule has 1 heterocycles. The molecule has 2 aromatic rings. The van der Waals surface area contributed by atoms with E-state index in [1.807, 2.05) is 30.3 Å². The van der Waals surface area contributed by atoms with Crippen LogP contribution in [0.1, 0.15) is 35.7 Å². The highest BCUT2D eigenvalue weighted by Crippen LogP contribution is 2.23. The van der Waals surface area contributed by atoms with Crippen LogP contribution in [0.2, 0.25) is 0 Å². The fourth-order valence-electron chi connectivity index (χ4n) is 3.36. The Labute approximate surface area is 161 Å². The highest BCUT2D eigenvalue weighted by atomic mass is 32.2. The molecule has 5 nitrogen and oxygen atoms in total. The zero-order chi connectivity index (χ0) is 19.3. The first-order chi connectivity index (χ1) is 13.0. The van der Waals surface area contributed by atoms with Gasteiger partial charge < -0.3 is 5.32 Å². The Balaban J connectivity index is 1.60. The largest absolute Gasteiger partial charge is 0.352 e. The van der Waals surface area contributed by atoms with Crippen molar-refractivity contribution in [1.82, 2.24) is 9.62 Å². The average Bonchev–Trinajstić information content (AvgIpc) is 2.69. The number of sulfonamides is 1. The minimum absolute atomic E-state index is 0.193. The van der Waals surface area contributed by atoms with Gasteiger partial charge in [0.2, 0.25) is 10.0 Å². The fraction of sp³-hybridized carbons (Fsp3) is 0.381. The van der Waals surface area contributed by atoms with E-state index in [4.69, 9.17) is 0 Å². The Kier molecular flexibility index (Phi) is 6.29. The SMILES string of the molecule is CC1CCCN(S(=O)(=O)c2ccc(C(=O)NCCc3ccccc3)cc2)C1. The van der Waals surface area contributed by atoms with Crippen molar-refractivity contribution in [2.75, 3.05) is 19.6 Å². The van der Waals surface area contributed by atoms with E-state index >= 15 is 0 Å². The summed E-state index contributed by atoms with van der Waals surface area (Å²) in [5.41, 5.74) is 1.63. The molecular formula is C21H26N2O3S. The van der Waals surface area contributed by atoms with E-state index in [9.17, 15) is 13.2 Å². The van der Waals surface area contributed by atoms with Crippen LogP contribution >= 0.6 is 0 Å². The molecule has 1 aliphatic rings. The Morgan fingerprint density at radius 2 is 1.81 bits per heavy atom. The lowest BCUT2D eigenvalue weighted by Crippen LogP contribution is -2.39. The molecule has 144 valence electrons. The maximum atomic E-state index is 12.8. The highest BCUT2D eigenvalue weighted by molar-refractivity contribution is 7.89. The summed E-state index contributed by atoms with van der Waals surface area (Å²) in [6.45, 7) is 3.73. The number of piperidine rings is 1. The van der Waals surface area contributed by atoms with Crippen molar-refractivity contribution in [3.05, 3.63) is 65.7 Å². The number of benzene rings is 2. The summed E-state index contributed by atoms with van der Waals surface area (Å²) < 4.78 is 27.1. The first-order valence-corrected chi connectivity index (χ1v) is 10.8. The number of rotatable bonds is 6. The smallest absolute Gasteiger partial charge is 0.251 e. The van der Waals surface area contributed by atoms with Gasteiger partial charge in [-0.1, -0.05) is 37.3 Å². The molecule has 1 saturated heterocycles. The molecule has 0 saturated carbocycles. The maximum absolute atomic E-state index is 12.8. The monoisotopic (exact) mass is 386 g/mol. The van der Waals surface area contributed by atoms with Gasteiger partial charge in [0, 0.05) is 25.2 Å². The van der Waals surface area contributed by atoms with Crippen LogP contribution in [0.3, 0.4) is 0 Å². The topological polar surface area (TPSA) is 66.5 Å². The van der Waals surface area contributed by atoms with Crippen LogP contribution in [-0.4, -0.2) is 38.3 Å². The summed E-state index contributed by atoms with van der Waals surface area (Å²) in [6, 6.07) is 16.2. The van der Waals surface area contributed by atoms with E-state index in [0.717, 1.165) is 24.8 Å². The zero-order valence-corrected chi connectivity index (χ0v) is 16.4. The van der Waals surface area contributed by atoms with Crippen molar-refractivity contribution >= 4 is 15.9 Å². The zero-order valence-electron chi connectivity index (χ0n) is 15.6. The van der Waals surface area contributed by atoms with Gasteiger partial charge in [0.1, 0.15) is 0 Å². The summed E-state index contributed by atoms with van der Waals surface area (Å²) in [6.07, 6.45) is 2.71. The Bertz CT molecular complexity index is 864.